The van der Waals surface area contributed by atoms with Gasteiger partial charge >= 0.3 is 0 Å². The Morgan fingerprint density at radius 2 is 1.90 bits per heavy atom. The lowest BCUT2D eigenvalue weighted by molar-refractivity contribution is 0.259. The van der Waals surface area contributed by atoms with Crippen molar-refractivity contribution < 1.29 is 12.8 Å². The Morgan fingerprint density at radius 1 is 1.24 bits per heavy atom. The minimum absolute atomic E-state index is 0.162. The Balaban J connectivity index is 2.11. The van der Waals surface area contributed by atoms with Gasteiger partial charge in [-0.25, -0.2) is 13.1 Å². The molecule has 0 saturated carbocycles. The first-order valence-corrected chi connectivity index (χ1v) is 8.63. The van der Waals surface area contributed by atoms with Crippen molar-refractivity contribution in [3.63, 3.8) is 0 Å². The highest BCUT2D eigenvalue weighted by atomic mass is 79.9. The Bertz CT molecular complexity index is 667. The minimum Gasteiger partial charge on any atom is -0.468 e. The molecule has 0 radical (unpaired) electrons. The second-order valence-electron chi connectivity index (χ2n) is 4.80. The fraction of sp³-hybridized carbons (Fsp3) is 0.286. The van der Waals surface area contributed by atoms with Gasteiger partial charge in [-0.05, 0) is 50.5 Å². The molecule has 2 aromatic rings. The summed E-state index contributed by atoms with van der Waals surface area (Å²) in [5.74, 6) is 0.721. The zero-order valence-corrected chi connectivity index (χ0v) is 14.2. The molecule has 1 heterocycles. The van der Waals surface area contributed by atoms with Crippen LogP contribution in [0, 0.1) is 0 Å². The molecule has 0 aliphatic heterocycles. The first kappa shape index (κ1) is 16.2. The van der Waals surface area contributed by atoms with E-state index in [1.54, 1.807) is 36.6 Å². The van der Waals surface area contributed by atoms with Gasteiger partial charge in [-0.1, -0.05) is 15.9 Å². The van der Waals surface area contributed by atoms with Gasteiger partial charge in [-0.2, -0.15) is 0 Å². The van der Waals surface area contributed by atoms with Crippen LogP contribution in [0.1, 0.15) is 11.8 Å². The number of halogens is 1. The fourth-order valence-corrected chi connectivity index (χ4v) is 3.21. The molecule has 1 atom stereocenters. The van der Waals surface area contributed by atoms with E-state index >= 15 is 0 Å². The molecule has 0 spiro atoms. The highest BCUT2D eigenvalue weighted by Crippen LogP contribution is 2.19. The molecule has 0 amide bonds. The zero-order valence-electron chi connectivity index (χ0n) is 11.8. The second kappa shape index (κ2) is 6.74. The van der Waals surface area contributed by atoms with Crippen molar-refractivity contribution in [3.8, 4) is 0 Å². The van der Waals surface area contributed by atoms with E-state index in [1.807, 2.05) is 25.1 Å². The summed E-state index contributed by atoms with van der Waals surface area (Å²) in [6.45, 7) is 0.235. The number of hydrogen-bond acceptors (Lipinski definition) is 4. The van der Waals surface area contributed by atoms with E-state index in [9.17, 15) is 8.42 Å². The molecule has 0 saturated heterocycles. The van der Waals surface area contributed by atoms with Crippen LogP contribution >= 0.6 is 15.9 Å². The van der Waals surface area contributed by atoms with Crippen molar-refractivity contribution in [2.45, 2.75) is 10.9 Å². The molecule has 1 aromatic carbocycles. The third-order valence-electron chi connectivity index (χ3n) is 3.09. The molecule has 1 aromatic heterocycles. The summed E-state index contributed by atoms with van der Waals surface area (Å²) in [5, 5.41) is 0. The van der Waals surface area contributed by atoms with E-state index < -0.39 is 10.0 Å². The molecule has 2 rings (SSSR count). The fourth-order valence-electron chi connectivity index (χ4n) is 1.90. The maximum absolute atomic E-state index is 12.3. The van der Waals surface area contributed by atoms with Gasteiger partial charge < -0.3 is 4.42 Å². The van der Waals surface area contributed by atoms with Crippen LogP contribution < -0.4 is 4.72 Å². The van der Waals surface area contributed by atoms with Crippen LogP contribution in [-0.2, 0) is 10.0 Å². The van der Waals surface area contributed by atoms with Crippen molar-refractivity contribution in [1.82, 2.24) is 9.62 Å². The molecule has 1 N–H and O–H groups in total. The number of sulfonamides is 1. The summed E-state index contributed by atoms with van der Waals surface area (Å²) in [6, 6.07) is 9.97. The van der Waals surface area contributed by atoms with Gasteiger partial charge in [-0.3, -0.25) is 4.90 Å². The van der Waals surface area contributed by atoms with Gasteiger partial charge in [0.15, 0.2) is 0 Å². The third kappa shape index (κ3) is 4.16. The van der Waals surface area contributed by atoms with Gasteiger partial charge in [0.05, 0.1) is 17.2 Å². The van der Waals surface area contributed by atoms with Crippen LogP contribution in [0.5, 0.6) is 0 Å². The predicted molar refractivity (Wildman–Crippen MR) is 84.5 cm³/mol. The largest absolute Gasteiger partial charge is 0.468 e. The lowest BCUT2D eigenvalue weighted by Gasteiger charge is -2.22. The van der Waals surface area contributed by atoms with Gasteiger partial charge in [0.25, 0.3) is 0 Å². The first-order chi connectivity index (χ1) is 9.90. The van der Waals surface area contributed by atoms with Crippen LogP contribution in [0.2, 0.25) is 0 Å². The molecular weight excluding hydrogens is 356 g/mol. The van der Waals surface area contributed by atoms with Crippen LogP contribution in [0.3, 0.4) is 0 Å². The van der Waals surface area contributed by atoms with E-state index in [2.05, 4.69) is 20.7 Å². The summed E-state index contributed by atoms with van der Waals surface area (Å²) in [4.78, 5) is 2.14. The smallest absolute Gasteiger partial charge is 0.240 e. The summed E-state index contributed by atoms with van der Waals surface area (Å²) in [6.07, 6.45) is 1.58. The Kier molecular flexibility index (Phi) is 5.21. The molecule has 21 heavy (non-hydrogen) atoms. The molecule has 0 unspecified atom stereocenters. The molecule has 0 aliphatic carbocycles. The highest BCUT2D eigenvalue weighted by Gasteiger charge is 2.21. The molecular formula is C14H17BrN2O3S. The maximum atomic E-state index is 12.3. The average Bonchev–Trinajstić information content (AvgIpc) is 2.93. The van der Waals surface area contributed by atoms with Crippen LogP contribution in [-0.4, -0.2) is 34.0 Å². The third-order valence-corrected chi connectivity index (χ3v) is 5.05. The van der Waals surface area contributed by atoms with E-state index in [4.69, 9.17) is 4.42 Å². The normalized spacial score (nSPS) is 13.5. The number of hydrogen-bond donors (Lipinski definition) is 1. The van der Waals surface area contributed by atoms with Crippen molar-refractivity contribution in [2.75, 3.05) is 20.6 Å². The summed E-state index contributed by atoms with van der Waals surface area (Å²) < 4.78 is 33.3. The van der Waals surface area contributed by atoms with Crippen molar-refractivity contribution >= 4 is 26.0 Å². The van der Waals surface area contributed by atoms with Gasteiger partial charge in [0, 0.05) is 11.0 Å². The summed E-state index contributed by atoms with van der Waals surface area (Å²) in [5.41, 5.74) is 0. The van der Waals surface area contributed by atoms with Crippen molar-refractivity contribution in [3.05, 3.63) is 52.9 Å². The average molecular weight is 373 g/mol. The molecule has 0 bridgehead atoms. The molecule has 0 fully saturated rings. The zero-order chi connectivity index (χ0) is 15.5. The van der Waals surface area contributed by atoms with E-state index in [0.717, 1.165) is 10.2 Å². The number of furan rings is 1. The summed E-state index contributed by atoms with van der Waals surface area (Å²) >= 11 is 3.29. The van der Waals surface area contributed by atoms with Crippen molar-refractivity contribution in [2.24, 2.45) is 0 Å². The number of nitrogens with one attached hydrogen (secondary N) is 1. The monoisotopic (exact) mass is 372 g/mol. The topological polar surface area (TPSA) is 62.6 Å². The number of likely N-dealkylation sites (N-methyl/N-ethyl adjacent to an activating group) is 1. The van der Waals surface area contributed by atoms with Gasteiger partial charge in [0.1, 0.15) is 5.76 Å². The predicted octanol–water partition coefficient (Wildman–Crippen LogP) is 2.62. The Morgan fingerprint density at radius 3 is 2.43 bits per heavy atom. The molecule has 5 nitrogen and oxygen atoms in total. The lowest BCUT2D eigenvalue weighted by Crippen LogP contribution is -2.34. The van der Waals surface area contributed by atoms with Crippen molar-refractivity contribution in [1.29, 1.82) is 0 Å². The number of rotatable bonds is 6. The van der Waals surface area contributed by atoms with E-state index in [0.29, 0.717) is 0 Å². The lowest BCUT2D eigenvalue weighted by atomic mass is 10.2. The number of nitrogens with zero attached hydrogens (tertiary/aromatic N) is 1. The van der Waals surface area contributed by atoms with Crippen LogP contribution in [0.4, 0.5) is 0 Å². The standard InChI is InChI=1S/C14H17BrN2O3S/c1-17(2)13(14-4-3-9-20-14)10-16-21(18,19)12-7-5-11(15)6-8-12/h3-9,13,16H,10H2,1-2H3/t13-/m0/s1. The quantitative estimate of drug-likeness (QED) is 0.846. The summed E-state index contributed by atoms with van der Waals surface area (Å²) in [7, 11) is 0.216. The molecule has 0 aliphatic rings. The van der Waals surface area contributed by atoms with Crippen LogP contribution in [0.15, 0.2) is 56.4 Å². The van der Waals surface area contributed by atoms with E-state index in [1.165, 1.54) is 0 Å². The maximum Gasteiger partial charge on any atom is 0.240 e. The number of benzene rings is 1. The molecule has 114 valence electrons. The second-order valence-corrected chi connectivity index (χ2v) is 7.48. The highest BCUT2D eigenvalue weighted by molar-refractivity contribution is 9.10. The van der Waals surface area contributed by atoms with Gasteiger partial charge in [0.2, 0.25) is 10.0 Å². The molecule has 7 heteroatoms. The van der Waals surface area contributed by atoms with Crippen LogP contribution in [0.25, 0.3) is 0 Å². The SMILES string of the molecule is CN(C)[C@@H](CNS(=O)(=O)c1ccc(Br)cc1)c1ccco1. The first-order valence-electron chi connectivity index (χ1n) is 6.35. The Labute approximate surface area is 133 Å². The van der Waals surface area contributed by atoms with E-state index in [-0.39, 0.29) is 17.5 Å². The Hall–Kier alpha value is -1.15. The van der Waals surface area contributed by atoms with Gasteiger partial charge in [-0.15, -0.1) is 0 Å². The minimum atomic E-state index is -3.54.